The molecular weight excluding hydrogens is 374 g/mol. The van der Waals surface area contributed by atoms with E-state index in [4.69, 9.17) is 21.7 Å². The lowest BCUT2D eigenvalue weighted by atomic mass is 10.0. The highest BCUT2D eigenvalue weighted by molar-refractivity contribution is 7.71. The Kier molecular flexibility index (Phi) is 5.40. The monoisotopic (exact) mass is 397 g/mol. The van der Waals surface area contributed by atoms with Crippen molar-refractivity contribution in [1.29, 1.82) is 0 Å². The number of para-hydroxylation sites is 1. The summed E-state index contributed by atoms with van der Waals surface area (Å²) in [5.41, 5.74) is 2.07. The zero-order chi connectivity index (χ0) is 19.5. The first-order valence-corrected chi connectivity index (χ1v) is 9.66. The second kappa shape index (κ2) is 8.12. The molecule has 1 saturated heterocycles. The third-order valence-corrected chi connectivity index (χ3v) is 5.50. The Hall–Kier alpha value is -2.71. The highest BCUT2D eigenvalue weighted by Crippen LogP contribution is 2.38. The molecule has 146 valence electrons. The van der Waals surface area contributed by atoms with Crippen molar-refractivity contribution in [3.8, 4) is 17.2 Å². The van der Waals surface area contributed by atoms with Crippen molar-refractivity contribution in [2.24, 2.45) is 0 Å². The number of likely N-dealkylation sites (tertiary alicyclic amines) is 1. The summed E-state index contributed by atoms with van der Waals surface area (Å²) in [5, 5.41) is 8.53. The molecule has 0 amide bonds. The van der Waals surface area contributed by atoms with E-state index in [0.29, 0.717) is 11.4 Å². The molecule has 0 aliphatic carbocycles. The molecule has 1 aliphatic heterocycles. The molecule has 1 fully saturated rings. The molecule has 3 aromatic rings. The number of tetrazole rings is 1. The minimum absolute atomic E-state index is 0.240. The Morgan fingerprint density at radius 1 is 1.07 bits per heavy atom. The van der Waals surface area contributed by atoms with E-state index in [1.54, 1.807) is 23.6 Å². The van der Waals surface area contributed by atoms with Gasteiger partial charge in [-0.15, -0.1) is 0 Å². The van der Waals surface area contributed by atoms with Crippen LogP contribution in [0.4, 0.5) is 0 Å². The number of ether oxygens (including phenoxy) is 2. The van der Waals surface area contributed by atoms with E-state index in [-0.39, 0.29) is 6.04 Å². The third-order valence-electron chi connectivity index (χ3n) is 5.12. The second-order valence-electron chi connectivity index (χ2n) is 6.73. The van der Waals surface area contributed by atoms with Crippen LogP contribution < -0.4 is 9.47 Å². The van der Waals surface area contributed by atoms with Crippen molar-refractivity contribution >= 4 is 12.2 Å². The fraction of sp³-hybridized carbons (Fsp3) is 0.350. The van der Waals surface area contributed by atoms with Crippen LogP contribution in [-0.2, 0) is 6.67 Å². The van der Waals surface area contributed by atoms with Gasteiger partial charge in [0, 0.05) is 24.2 Å². The maximum atomic E-state index is 5.62. The summed E-state index contributed by atoms with van der Waals surface area (Å²) in [4.78, 5) is 2.37. The van der Waals surface area contributed by atoms with Crippen molar-refractivity contribution in [2.45, 2.75) is 25.6 Å². The minimum atomic E-state index is 0.240. The fourth-order valence-electron chi connectivity index (χ4n) is 3.71. The molecule has 28 heavy (non-hydrogen) atoms. The summed E-state index contributed by atoms with van der Waals surface area (Å²) in [6.07, 6.45) is 2.17. The van der Waals surface area contributed by atoms with Gasteiger partial charge in [-0.1, -0.05) is 24.3 Å². The number of nitrogens with zero attached hydrogens (tertiary/aromatic N) is 5. The van der Waals surface area contributed by atoms with Crippen molar-refractivity contribution in [3.05, 3.63) is 58.9 Å². The van der Waals surface area contributed by atoms with Crippen LogP contribution in [0.5, 0.6) is 11.5 Å². The molecule has 1 aromatic heterocycles. The van der Waals surface area contributed by atoms with Gasteiger partial charge >= 0.3 is 0 Å². The standard InChI is InChI=1S/C20H23N5O2S/c1-26-16-10-11-17(19(13-16)27-2)18-9-6-12-23(18)14-24-20(28)25(22-21-24)15-7-4-3-5-8-15/h3-5,7-8,10-11,13,18H,6,9,12,14H2,1-2H3/t18-/m0/s1. The maximum Gasteiger partial charge on any atom is 0.221 e. The molecule has 0 radical (unpaired) electrons. The number of hydrogen-bond acceptors (Lipinski definition) is 6. The fourth-order valence-corrected chi connectivity index (χ4v) is 3.94. The van der Waals surface area contributed by atoms with E-state index in [1.807, 2.05) is 42.5 Å². The zero-order valence-electron chi connectivity index (χ0n) is 16.0. The number of aromatic nitrogens is 4. The molecule has 2 heterocycles. The molecular formula is C20H23N5O2S. The topological polar surface area (TPSA) is 57.3 Å². The van der Waals surface area contributed by atoms with Gasteiger partial charge < -0.3 is 9.47 Å². The van der Waals surface area contributed by atoms with Crippen LogP contribution >= 0.6 is 12.2 Å². The van der Waals surface area contributed by atoms with Gasteiger partial charge in [0.2, 0.25) is 4.77 Å². The highest BCUT2D eigenvalue weighted by Gasteiger charge is 2.29. The first-order valence-electron chi connectivity index (χ1n) is 9.25. The molecule has 0 bridgehead atoms. The quantitative estimate of drug-likeness (QED) is 0.592. The predicted molar refractivity (Wildman–Crippen MR) is 108 cm³/mol. The smallest absolute Gasteiger partial charge is 0.221 e. The van der Waals surface area contributed by atoms with Gasteiger partial charge in [-0.25, -0.2) is 4.68 Å². The molecule has 7 nitrogen and oxygen atoms in total. The lowest BCUT2D eigenvalue weighted by Crippen LogP contribution is -2.27. The van der Waals surface area contributed by atoms with E-state index < -0.39 is 0 Å². The summed E-state index contributed by atoms with van der Waals surface area (Å²) in [7, 11) is 3.35. The van der Waals surface area contributed by atoms with Crippen LogP contribution in [0.1, 0.15) is 24.4 Å². The zero-order valence-corrected chi connectivity index (χ0v) is 16.8. The first-order chi connectivity index (χ1) is 13.7. The van der Waals surface area contributed by atoms with Crippen molar-refractivity contribution in [2.75, 3.05) is 20.8 Å². The van der Waals surface area contributed by atoms with E-state index in [0.717, 1.165) is 42.1 Å². The average Bonchev–Trinajstić information content (AvgIpc) is 3.35. The van der Waals surface area contributed by atoms with Gasteiger partial charge in [-0.2, -0.15) is 4.68 Å². The van der Waals surface area contributed by atoms with Gasteiger partial charge in [-0.3, -0.25) is 4.90 Å². The Morgan fingerprint density at radius 3 is 2.64 bits per heavy atom. The first kappa shape index (κ1) is 18.6. The third kappa shape index (κ3) is 3.53. The Labute approximate surface area is 169 Å². The number of benzene rings is 2. The van der Waals surface area contributed by atoms with E-state index >= 15 is 0 Å². The van der Waals surface area contributed by atoms with Gasteiger partial charge in [0.15, 0.2) is 0 Å². The average molecular weight is 398 g/mol. The molecule has 1 aliphatic rings. The molecule has 0 spiro atoms. The molecule has 0 unspecified atom stereocenters. The lowest BCUT2D eigenvalue weighted by Gasteiger charge is -2.25. The summed E-state index contributed by atoms with van der Waals surface area (Å²) in [6.45, 7) is 1.56. The summed E-state index contributed by atoms with van der Waals surface area (Å²) >= 11 is 5.61. The van der Waals surface area contributed by atoms with Gasteiger partial charge in [0.1, 0.15) is 11.5 Å². The highest BCUT2D eigenvalue weighted by atomic mass is 32.1. The maximum absolute atomic E-state index is 5.62. The van der Waals surface area contributed by atoms with Crippen LogP contribution in [0.3, 0.4) is 0 Å². The SMILES string of the molecule is COc1ccc([C@@H]2CCCN2Cn2nnn(-c3ccccc3)c2=S)c(OC)c1. The summed E-state index contributed by atoms with van der Waals surface area (Å²) < 4.78 is 15.0. The van der Waals surface area contributed by atoms with Crippen LogP contribution in [0.2, 0.25) is 0 Å². The van der Waals surface area contributed by atoms with Gasteiger partial charge in [0.05, 0.1) is 26.6 Å². The summed E-state index contributed by atoms with van der Waals surface area (Å²) in [5.74, 6) is 1.63. The lowest BCUT2D eigenvalue weighted by molar-refractivity contribution is 0.185. The molecule has 1 atom stereocenters. The Morgan fingerprint density at radius 2 is 1.89 bits per heavy atom. The minimum Gasteiger partial charge on any atom is -0.497 e. The van der Waals surface area contributed by atoms with E-state index in [1.165, 1.54) is 0 Å². The van der Waals surface area contributed by atoms with Crippen molar-refractivity contribution in [3.63, 3.8) is 0 Å². The van der Waals surface area contributed by atoms with E-state index in [2.05, 4.69) is 21.4 Å². The van der Waals surface area contributed by atoms with Gasteiger partial charge in [0.25, 0.3) is 0 Å². The van der Waals surface area contributed by atoms with Crippen LogP contribution in [0, 0.1) is 4.77 Å². The molecule has 4 rings (SSSR count). The predicted octanol–water partition coefficient (Wildman–Crippen LogP) is 3.61. The van der Waals surface area contributed by atoms with Crippen LogP contribution in [0.25, 0.3) is 5.69 Å². The normalized spacial score (nSPS) is 17.0. The Bertz CT molecular complexity index is 1000. The number of methoxy groups -OCH3 is 2. The van der Waals surface area contributed by atoms with Crippen molar-refractivity contribution < 1.29 is 9.47 Å². The van der Waals surface area contributed by atoms with Crippen LogP contribution in [-0.4, -0.2) is 45.5 Å². The van der Waals surface area contributed by atoms with Gasteiger partial charge in [-0.05, 0) is 53.7 Å². The van der Waals surface area contributed by atoms with Crippen LogP contribution in [0.15, 0.2) is 48.5 Å². The van der Waals surface area contributed by atoms with Crippen molar-refractivity contribution in [1.82, 2.24) is 24.7 Å². The summed E-state index contributed by atoms with van der Waals surface area (Å²) in [6, 6.07) is 16.1. The largest absolute Gasteiger partial charge is 0.497 e. The molecule has 8 heteroatoms. The molecule has 0 N–H and O–H groups in total. The Balaban J connectivity index is 1.59. The molecule has 0 saturated carbocycles. The van der Waals surface area contributed by atoms with E-state index in [9.17, 15) is 0 Å². The number of rotatable bonds is 6. The molecule has 2 aromatic carbocycles. The second-order valence-corrected chi connectivity index (χ2v) is 7.09. The number of hydrogen-bond donors (Lipinski definition) is 0.